The number of aryl methyl sites for hydroxylation is 1. The van der Waals surface area contributed by atoms with E-state index in [-0.39, 0.29) is 0 Å². The molecule has 0 aromatic heterocycles. The van der Waals surface area contributed by atoms with Crippen LogP contribution in [-0.4, -0.2) is 28.9 Å². The summed E-state index contributed by atoms with van der Waals surface area (Å²) in [6.07, 6.45) is 0. The molecule has 19 heavy (non-hydrogen) atoms. The second kappa shape index (κ2) is 5.74. The number of hydrogen-bond acceptors (Lipinski definition) is 2. The molecule has 1 N–H and O–H groups in total. The Morgan fingerprint density at radius 2 is 1.95 bits per heavy atom. The van der Waals surface area contributed by atoms with E-state index >= 15 is 0 Å². The first-order valence-electron chi connectivity index (χ1n) is 5.90. The molecule has 0 aliphatic carbocycles. The fraction of sp³-hybridized carbons (Fsp3) is 0.429. The largest absolute Gasteiger partial charge is 0.480 e. The Balaban J connectivity index is 2.91. The predicted molar refractivity (Wildman–Crippen MR) is 76.8 cm³/mol. The van der Waals surface area contributed by atoms with Crippen LogP contribution < -0.4 is 0 Å². The highest BCUT2D eigenvalue weighted by atomic mass is 79.9. The van der Waals surface area contributed by atoms with Gasteiger partial charge in [-0.1, -0.05) is 22.0 Å². The van der Waals surface area contributed by atoms with Gasteiger partial charge in [0.2, 0.25) is 5.91 Å². The lowest BCUT2D eigenvalue weighted by Crippen LogP contribution is -2.43. The molecule has 0 bridgehead atoms. The average molecular weight is 328 g/mol. The maximum Gasteiger partial charge on any atom is 0.318 e. The van der Waals surface area contributed by atoms with E-state index in [4.69, 9.17) is 5.11 Å². The Kier molecular flexibility index (Phi) is 4.74. The Hall–Kier alpha value is -1.36. The first kappa shape index (κ1) is 15.7. The number of halogens is 1. The van der Waals surface area contributed by atoms with Crippen molar-refractivity contribution in [1.29, 1.82) is 0 Å². The maximum atomic E-state index is 12.1. The highest BCUT2D eigenvalue weighted by molar-refractivity contribution is 9.10. The second-order valence-corrected chi connectivity index (χ2v) is 6.08. The van der Waals surface area contributed by atoms with E-state index in [1.54, 1.807) is 7.05 Å². The van der Waals surface area contributed by atoms with Gasteiger partial charge in [-0.2, -0.15) is 0 Å². The number of benzene rings is 1. The van der Waals surface area contributed by atoms with E-state index in [0.717, 1.165) is 15.6 Å². The fourth-order valence-electron chi connectivity index (χ4n) is 1.71. The molecule has 1 rings (SSSR count). The molecule has 0 atom stereocenters. The summed E-state index contributed by atoms with van der Waals surface area (Å²) in [4.78, 5) is 24.7. The lowest BCUT2D eigenvalue weighted by Gasteiger charge is -2.26. The van der Waals surface area contributed by atoms with Crippen LogP contribution in [0.15, 0.2) is 22.7 Å². The Labute approximate surface area is 121 Å². The van der Waals surface area contributed by atoms with Crippen LogP contribution in [0.2, 0.25) is 0 Å². The van der Waals surface area contributed by atoms with E-state index < -0.39 is 17.3 Å². The van der Waals surface area contributed by atoms with Crippen molar-refractivity contribution in [1.82, 2.24) is 4.90 Å². The van der Waals surface area contributed by atoms with Crippen LogP contribution in [0.3, 0.4) is 0 Å². The van der Waals surface area contributed by atoms with Crippen molar-refractivity contribution in [2.45, 2.75) is 27.3 Å². The molecule has 104 valence electrons. The van der Waals surface area contributed by atoms with E-state index in [1.807, 2.05) is 25.1 Å². The van der Waals surface area contributed by atoms with Crippen LogP contribution in [0.25, 0.3) is 0 Å². The Morgan fingerprint density at radius 3 is 2.47 bits per heavy atom. The number of carbonyl (C=O) groups excluding carboxylic acids is 1. The molecule has 0 spiro atoms. The molecule has 5 heteroatoms. The molecule has 0 unspecified atom stereocenters. The summed E-state index contributed by atoms with van der Waals surface area (Å²) in [6, 6.07) is 5.83. The zero-order valence-corrected chi connectivity index (χ0v) is 13.1. The smallest absolute Gasteiger partial charge is 0.318 e. The molecule has 1 aromatic rings. The normalized spacial score (nSPS) is 11.2. The second-order valence-electron chi connectivity index (χ2n) is 5.16. The summed E-state index contributed by atoms with van der Waals surface area (Å²) >= 11 is 3.39. The van der Waals surface area contributed by atoms with Gasteiger partial charge in [-0.05, 0) is 44.0 Å². The molecule has 1 aromatic carbocycles. The molecule has 0 heterocycles. The average Bonchev–Trinajstić information content (AvgIpc) is 2.32. The van der Waals surface area contributed by atoms with Crippen molar-refractivity contribution in [3.63, 3.8) is 0 Å². The summed E-state index contributed by atoms with van der Waals surface area (Å²) in [5.41, 5.74) is 0.650. The molecule has 4 nitrogen and oxygen atoms in total. The quantitative estimate of drug-likeness (QED) is 0.865. The number of hydrogen-bond donors (Lipinski definition) is 1. The van der Waals surface area contributed by atoms with Crippen molar-refractivity contribution in [3.05, 3.63) is 33.8 Å². The molecule has 0 aliphatic rings. The zero-order chi connectivity index (χ0) is 14.8. The van der Waals surface area contributed by atoms with E-state index in [1.165, 1.54) is 18.7 Å². The SMILES string of the molecule is Cc1ccc(Br)cc1CN(C)C(=O)C(C)(C)C(=O)O. The number of carboxylic acids is 1. The number of carboxylic acid groups (broad SMARTS) is 1. The van der Waals surface area contributed by atoms with Gasteiger partial charge in [0.15, 0.2) is 0 Å². The first-order valence-corrected chi connectivity index (χ1v) is 6.69. The summed E-state index contributed by atoms with van der Waals surface area (Å²) < 4.78 is 0.937. The standard InChI is InChI=1S/C14H18BrNO3/c1-9-5-6-11(15)7-10(9)8-16(4)12(17)14(2,3)13(18)19/h5-7H,8H2,1-4H3,(H,18,19). The van der Waals surface area contributed by atoms with E-state index in [2.05, 4.69) is 15.9 Å². The highest BCUT2D eigenvalue weighted by Crippen LogP contribution is 2.22. The van der Waals surface area contributed by atoms with Gasteiger partial charge in [0.1, 0.15) is 5.41 Å². The molecule has 0 aliphatic heterocycles. The van der Waals surface area contributed by atoms with Gasteiger partial charge in [0.25, 0.3) is 0 Å². The third-order valence-corrected chi connectivity index (χ3v) is 3.63. The monoisotopic (exact) mass is 327 g/mol. The summed E-state index contributed by atoms with van der Waals surface area (Å²) in [6.45, 7) is 5.19. The van der Waals surface area contributed by atoms with Crippen molar-refractivity contribution >= 4 is 27.8 Å². The van der Waals surface area contributed by atoms with Gasteiger partial charge in [-0.25, -0.2) is 0 Å². The number of carbonyl (C=O) groups is 2. The molecular weight excluding hydrogens is 310 g/mol. The molecule has 0 saturated carbocycles. The molecule has 1 amide bonds. The Morgan fingerprint density at radius 1 is 1.37 bits per heavy atom. The topological polar surface area (TPSA) is 57.6 Å². The van der Waals surface area contributed by atoms with Crippen LogP contribution in [0, 0.1) is 12.3 Å². The van der Waals surface area contributed by atoms with Crippen molar-refractivity contribution < 1.29 is 14.7 Å². The van der Waals surface area contributed by atoms with Crippen LogP contribution in [0.1, 0.15) is 25.0 Å². The van der Waals surface area contributed by atoms with Crippen LogP contribution in [0.5, 0.6) is 0 Å². The first-order chi connectivity index (χ1) is 8.66. The van der Waals surface area contributed by atoms with Crippen LogP contribution in [0.4, 0.5) is 0 Å². The van der Waals surface area contributed by atoms with Gasteiger partial charge in [0.05, 0.1) is 0 Å². The van der Waals surface area contributed by atoms with Gasteiger partial charge >= 0.3 is 5.97 Å². The van der Waals surface area contributed by atoms with E-state index in [0.29, 0.717) is 6.54 Å². The minimum atomic E-state index is -1.41. The Bertz CT molecular complexity index is 511. The fourth-order valence-corrected chi connectivity index (χ4v) is 2.11. The number of rotatable bonds is 4. The number of nitrogens with zero attached hydrogens (tertiary/aromatic N) is 1. The minimum absolute atomic E-state index is 0.390. The lowest BCUT2D eigenvalue weighted by atomic mass is 9.92. The minimum Gasteiger partial charge on any atom is -0.480 e. The molecular formula is C14H18BrNO3. The van der Waals surface area contributed by atoms with Crippen molar-refractivity contribution in [3.8, 4) is 0 Å². The molecule has 0 radical (unpaired) electrons. The maximum absolute atomic E-state index is 12.1. The number of amides is 1. The third-order valence-electron chi connectivity index (χ3n) is 3.13. The van der Waals surface area contributed by atoms with Gasteiger partial charge in [-0.15, -0.1) is 0 Å². The summed E-state index contributed by atoms with van der Waals surface area (Å²) in [5, 5.41) is 9.07. The van der Waals surface area contributed by atoms with Gasteiger partial charge in [0, 0.05) is 18.1 Å². The zero-order valence-electron chi connectivity index (χ0n) is 11.5. The van der Waals surface area contributed by atoms with Gasteiger partial charge < -0.3 is 10.0 Å². The number of aliphatic carboxylic acids is 1. The summed E-state index contributed by atoms with van der Waals surface area (Å²) in [5.74, 6) is -1.52. The third kappa shape index (κ3) is 3.56. The van der Waals surface area contributed by atoms with Crippen molar-refractivity contribution in [2.75, 3.05) is 7.05 Å². The molecule has 0 fully saturated rings. The summed E-state index contributed by atoms with van der Waals surface area (Å²) in [7, 11) is 1.62. The van der Waals surface area contributed by atoms with Gasteiger partial charge in [-0.3, -0.25) is 9.59 Å². The van der Waals surface area contributed by atoms with Crippen LogP contribution >= 0.6 is 15.9 Å². The van der Waals surface area contributed by atoms with Crippen molar-refractivity contribution in [2.24, 2.45) is 5.41 Å². The predicted octanol–water partition coefficient (Wildman–Crippen LogP) is 2.83. The highest BCUT2D eigenvalue weighted by Gasteiger charge is 2.38. The lowest BCUT2D eigenvalue weighted by molar-refractivity contribution is -0.157. The molecule has 0 saturated heterocycles. The van der Waals surface area contributed by atoms with Crippen LogP contribution in [-0.2, 0) is 16.1 Å². The van der Waals surface area contributed by atoms with E-state index in [9.17, 15) is 9.59 Å².